The van der Waals surface area contributed by atoms with Crippen molar-refractivity contribution in [1.29, 1.82) is 0 Å². The van der Waals surface area contributed by atoms with Crippen LogP contribution in [0.15, 0.2) is 42.5 Å². The topological polar surface area (TPSA) is 58.6 Å². The van der Waals surface area contributed by atoms with Crippen LogP contribution in [0.25, 0.3) is 0 Å². The highest BCUT2D eigenvalue weighted by Crippen LogP contribution is 2.22. The van der Waals surface area contributed by atoms with Crippen LogP contribution in [0, 0.1) is 0 Å². The monoisotopic (exact) mass is 336 g/mol. The largest absolute Gasteiger partial charge is 0.442 e. The lowest BCUT2D eigenvalue weighted by molar-refractivity contribution is 0.0920. The number of hydrogen-bond acceptors (Lipinski definition) is 4. The SMILES string of the molecule is O=C(NC[C@@H]1CN(c2ccccc2)C(=O)O1)c1ccc(Cl)s1. The lowest BCUT2D eigenvalue weighted by Crippen LogP contribution is -2.34. The van der Waals surface area contributed by atoms with Crippen molar-refractivity contribution < 1.29 is 14.3 Å². The minimum Gasteiger partial charge on any atom is -0.442 e. The molecule has 22 heavy (non-hydrogen) atoms. The molecule has 0 saturated carbocycles. The molecule has 0 unspecified atom stereocenters. The molecule has 1 aromatic heterocycles. The number of carbonyl (C=O) groups excluding carboxylic acids is 2. The highest BCUT2D eigenvalue weighted by atomic mass is 35.5. The number of halogens is 1. The zero-order valence-electron chi connectivity index (χ0n) is 11.5. The molecule has 0 radical (unpaired) electrons. The van der Waals surface area contributed by atoms with Crippen molar-refractivity contribution in [2.45, 2.75) is 6.10 Å². The van der Waals surface area contributed by atoms with E-state index < -0.39 is 6.09 Å². The average molecular weight is 337 g/mol. The van der Waals surface area contributed by atoms with Crippen LogP contribution in [0.4, 0.5) is 10.5 Å². The molecule has 2 heterocycles. The van der Waals surface area contributed by atoms with Gasteiger partial charge in [-0.15, -0.1) is 11.3 Å². The van der Waals surface area contributed by atoms with Crippen LogP contribution in [0.2, 0.25) is 4.34 Å². The molecule has 1 N–H and O–H groups in total. The fraction of sp³-hybridized carbons (Fsp3) is 0.200. The zero-order valence-corrected chi connectivity index (χ0v) is 13.1. The summed E-state index contributed by atoms with van der Waals surface area (Å²) in [5.41, 5.74) is 0.784. The summed E-state index contributed by atoms with van der Waals surface area (Å²) in [7, 11) is 0. The molecule has 2 amide bonds. The third-order valence-corrected chi connectivity index (χ3v) is 4.46. The molecule has 1 saturated heterocycles. The number of carbonyl (C=O) groups is 2. The number of amides is 2. The van der Waals surface area contributed by atoms with Gasteiger partial charge in [-0.1, -0.05) is 29.8 Å². The Morgan fingerprint density at radius 1 is 1.32 bits per heavy atom. The van der Waals surface area contributed by atoms with Crippen LogP contribution >= 0.6 is 22.9 Å². The summed E-state index contributed by atoms with van der Waals surface area (Å²) in [6.07, 6.45) is -0.767. The maximum atomic E-state index is 11.9. The molecule has 5 nitrogen and oxygen atoms in total. The number of hydrogen-bond donors (Lipinski definition) is 1. The number of rotatable bonds is 4. The van der Waals surface area contributed by atoms with E-state index in [4.69, 9.17) is 16.3 Å². The molecule has 114 valence electrons. The summed E-state index contributed by atoms with van der Waals surface area (Å²) < 4.78 is 5.83. The second-order valence-electron chi connectivity index (χ2n) is 4.77. The Hall–Kier alpha value is -2.05. The quantitative estimate of drug-likeness (QED) is 0.933. The summed E-state index contributed by atoms with van der Waals surface area (Å²) in [5.74, 6) is -0.217. The molecule has 0 bridgehead atoms. The molecular formula is C15H13ClN2O3S. The third-order valence-electron chi connectivity index (χ3n) is 3.23. The van der Waals surface area contributed by atoms with Gasteiger partial charge in [-0.2, -0.15) is 0 Å². The second-order valence-corrected chi connectivity index (χ2v) is 6.48. The van der Waals surface area contributed by atoms with E-state index in [1.807, 2.05) is 30.3 Å². The first-order valence-electron chi connectivity index (χ1n) is 6.70. The Bertz CT molecular complexity index is 689. The fourth-order valence-electron chi connectivity index (χ4n) is 2.18. The molecular weight excluding hydrogens is 324 g/mol. The van der Waals surface area contributed by atoms with Crippen molar-refractivity contribution in [3.8, 4) is 0 Å². The second kappa shape index (κ2) is 6.37. The van der Waals surface area contributed by atoms with Gasteiger partial charge in [0.1, 0.15) is 6.10 Å². The fourth-order valence-corrected chi connectivity index (χ4v) is 3.14. The van der Waals surface area contributed by atoms with Gasteiger partial charge in [0.15, 0.2) is 0 Å². The van der Waals surface area contributed by atoms with Gasteiger partial charge in [0.2, 0.25) is 0 Å². The van der Waals surface area contributed by atoms with Crippen LogP contribution in [0.3, 0.4) is 0 Å². The summed E-state index contributed by atoms with van der Waals surface area (Å²) in [5, 5.41) is 2.76. The highest BCUT2D eigenvalue weighted by Gasteiger charge is 2.32. The number of thiophene rings is 1. The van der Waals surface area contributed by atoms with Crippen molar-refractivity contribution in [2.75, 3.05) is 18.0 Å². The van der Waals surface area contributed by atoms with Crippen LogP contribution < -0.4 is 10.2 Å². The average Bonchev–Trinajstić information content (AvgIpc) is 3.12. The number of benzene rings is 1. The molecule has 0 aliphatic carbocycles. The minimum absolute atomic E-state index is 0.217. The van der Waals surface area contributed by atoms with Crippen molar-refractivity contribution in [3.05, 3.63) is 51.7 Å². The molecule has 1 aliphatic heterocycles. The first-order valence-corrected chi connectivity index (χ1v) is 7.89. The third kappa shape index (κ3) is 3.23. The first-order chi connectivity index (χ1) is 10.6. The van der Waals surface area contributed by atoms with Crippen LogP contribution in [-0.4, -0.2) is 31.2 Å². The number of nitrogens with one attached hydrogen (secondary N) is 1. The van der Waals surface area contributed by atoms with E-state index in [1.54, 1.807) is 17.0 Å². The summed E-state index contributed by atoms with van der Waals surface area (Å²) >= 11 is 7.01. The number of para-hydroxylation sites is 1. The predicted molar refractivity (Wildman–Crippen MR) is 85.7 cm³/mol. The molecule has 1 fully saturated rings. The van der Waals surface area contributed by atoms with Crippen LogP contribution in [0.1, 0.15) is 9.67 Å². The van der Waals surface area contributed by atoms with E-state index in [0.717, 1.165) is 5.69 Å². The van der Waals surface area contributed by atoms with Gasteiger partial charge in [0.25, 0.3) is 5.91 Å². The van der Waals surface area contributed by atoms with Gasteiger partial charge in [0, 0.05) is 5.69 Å². The lowest BCUT2D eigenvalue weighted by atomic mass is 10.2. The Balaban J connectivity index is 1.56. The smallest absolute Gasteiger partial charge is 0.414 e. The summed E-state index contributed by atoms with van der Waals surface area (Å²) in [6.45, 7) is 0.678. The maximum absolute atomic E-state index is 11.9. The van der Waals surface area contributed by atoms with Gasteiger partial charge in [-0.3, -0.25) is 9.69 Å². The van der Waals surface area contributed by atoms with Crippen molar-refractivity contribution >= 4 is 40.6 Å². The van der Waals surface area contributed by atoms with E-state index in [0.29, 0.717) is 15.8 Å². The summed E-state index contributed by atoms with van der Waals surface area (Å²) in [4.78, 5) is 25.9. The standard InChI is InChI=1S/C15H13ClN2O3S/c16-13-7-6-12(22-13)14(19)17-8-11-9-18(15(20)21-11)10-4-2-1-3-5-10/h1-7,11H,8-9H2,(H,17,19)/t11-/m1/s1. The number of nitrogens with zero attached hydrogens (tertiary/aromatic N) is 1. The van der Waals surface area contributed by atoms with Gasteiger partial charge in [-0.25, -0.2) is 4.79 Å². The van der Waals surface area contributed by atoms with E-state index in [2.05, 4.69) is 5.32 Å². The van der Waals surface area contributed by atoms with Crippen molar-refractivity contribution in [2.24, 2.45) is 0 Å². The van der Waals surface area contributed by atoms with Gasteiger partial charge >= 0.3 is 6.09 Å². The Kier molecular flexibility index (Phi) is 4.31. The normalized spacial score (nSPS) is 17.4. The Morgan fingerprint density at radius 3 is 2.77 bits per heavy atom. The first kappa shape index (κ1) is 14.9. The van der Waals surface area contributed by atoms with Crippen molar-refractivity contribution in [3.63, 3.8) is 0 Å². The Labute approximate surface area is 136 Å². The van der Waals surface area contributed by atoms with Gasteiger partial charge in [-0.05, 0) is 24.3 Å². The molecule has 1 atom stereocenters. The van der Waals surface area contributed by atoms with Gasteiger partial charge < -0.3 is 10.1 Å². The molecule has 1 aliphatic rings. The van der Waals surface area contributed by atoms with E-state index in [9.17, 15) is 9.59 Å². The number of cyclic esters (lactones) is 1. The van der Waals surface area contributed by atoms with Crippen LogP contribution in [0.5, 0.6) is 0 Å². The number of ether oxygens (including phenoxy) is 1. The Morgan fingerprint density at radius 2 is 2.09 bits per heavy atom. The molecule has 2 aromatic rings. The lowest BCUT2D eigenvalue weighted by Gasteiger charge is -2.12. The van der Waals surface area contributed by atoms with E-state index in [-0.39, 0.29) is 18.6 Å². The number of anilines is 1. The molecule has 1 aromatic carbocycles. The molecule has 7 heteroatoms. The van der Waals surface area contributed by atoms with Crippen molar-refractivity contribution in [1.82, 2.24) is 5.32 Å². The molecule has 0 spiro atoms. The van der Waals surface area contributed by atoms with Crippen LogP contribution in [-0.2, 0) is 4.74 Å². The summed E-state index contributed by atoms with van der Waals surface area (Å²) in [6, 6.07) is 12.6. The zero-order chi connectivity index (χ0) is 15.5. The van der Waals surface area contributed by atoms with E-state index in [1.165, 1.54) is 11.3 Å². The minimum atomic E-state index is -0.399. The predicted octanol–water partition coefficient (Wildman–Crippen LogP) is 3.16. The van der Waals surface area contributed by atoms with E-state index >= 15 is 0 Å². The van der Waals surface area contributed by atoms with Gasteiger partial charge in [0.05, 0.1) is 22.3 Å². The maximum Gasteiger partial charge on any atom is 0.414 e. The molecule has 3 rings (SSSR count). The highest BCUT2D eigenvalue weighted by molar-refractivity contribution is 7.17.